The van der Waals surface area contributed by atoms with Crippen molar-refractivity contribution in [2.24, 2.45) is 0 Å². The number of aromatic nitrogens is 3. The van der Waals surface area contributed by atoms with Crippen LogP contribution in [0.2, 0.25) is 0 Å². The summed E-state index contributed by atoms with van der Waals surface area (Å²) in [6.45, 7) is 0.665. The monoisotopic (exact) mass is 299 g/mol. The van der Waals surface area contributed by atoms with E-state index < -0.39 is 0 Å². The zero-order valence-electron chi connectivity index (χ0n) is 12.2. The lowest BCUT2D eigenvalue weighted by atomic mass is 10.1. The molecule has 0 aliphatic carbocycles. The molecule has 0 aromatic carbocycles. The summed E-state index contributed by atoms with van der Waals surface area (Å²) < 4.78 is 0. The first-order chi connectivity index (χ1) is 10.7. The number of likely N-dealkylation sites (tertiary alicyclic amines) is 1. The number of pyridine rings is 1. The second-order valence-electron chi connectivity index (χ2n) is 5.17. The quantitative estimate of drug-likeness (QED) is 0.889. The SMILES string of the molecule is CNC(=O)c1cn[nH]c1[C@H]1CCCN1C(=O)c1ccncc1. The van der Waals surface area contributed by atoms with Crippen molar-refractivity contribution in [3.63, 3.8) is 0 Å². The third-order valence-corrected chi connectivity index (χ3v) is 3.91. The number of nitrogens with zero attached hydrogens (tertiary/aromatic N) is 3. The average molecular weight is 299 g/mol. The third kappa shape index (κ3) is 2.45. The van der Waals surface area contributed by atoms with Crippen molar-refractivity contribution < 1.29 is 9.59 Å². The van der Waals surface area contributed by atoms with Crippen LogP contribution in [0.3, 0.4) is 0 Å². The van der Waals surface area contributed by atoms with Crippen LogP contribution in [0.1, 0.15) is 45.3 Å². The average Bonchev–Trinajstić information content (AvgIpc) is 3.22. The maximum absolute atomic E-state index is 12.7. The highest BCUT2D eigenvalue weighted by molar-refractivity contribution is 5.96. The van der Waals surface area contributed by atoms with Crippen molar-refractivity contribution in [1.82, 2.24) is 25.4 Å². The van der Waals surface area contributed by atoms with E-state index in [2.05, 4.69) is 20.5 Å². The van der Waals surface area contributed by atoms with Crippen molar-refractivity contribution >= 4 is 11.8 Å². The largest absolute Gasteiger partial charge is 0.355 e. The van der Waals surface area contributed by atoms with Gasteiger partial charge in [-0.15, -0.1) is 0 Å². The van der Waals surface area contributed by atoms with E-state index in [4.69, 9.17) is 0 Å². The topological polar surface area (TPSA) is 91.0 Å². The summed E-state index contributed by atoms with van der Waals surface area (Å²) in [7, 11) is 1.58. The molecule has 114 valence electrons. The van der Waals surface area contributed by atoms with Gasteiger partial charge < -0.3 is 10.2 Å². The molecule has 2 amide bonds. The summed E-state index contributed by atoms with van der Waals surface area (Å²) in [6.07, 6.45) is 6.41. The molecule has 7 nitrogen and oxygen atoms in total. The number of nitrogens with one attached hydrogen (secondary N) is 2. The highest BCUT2D eigenvalue weighted by Gasteiger charge is 2.34. The number of aromatic amines is 1. The zero-order chi connectivity index (χ0) is 15.5. The molecule has 22 heavy (non-hydrogen) atoms. The van der Waals surface area contributed by atoms with Gasteiger partial charge in [0.1, 0.15) is 0 Å². The highest BCUT2D eigenvalue weighted by atomic mass is 16.2. The van der Waals surface area contributed by atoms with Crippen LogP contribution in [0.5, 0.6) is 0 Å². The Morgan fingerprint density at radius 3 is 2.86 bits per heavy atom. The highest BCUT2D eigenvalue weighted by Crippen LogP contribution is 2.33. The molecule has 1 fully saturated rings. The fourth-order valence-corrected chi connectivity index (χ4v) is 2.84. The lowest BCUT2D eigenvalue weighted by Gasteiger charge is -2.24. The van der Waals surface area contributed by atoms with E-state index in [9.17, 15) is 9.59 Å². The van der Waals surface area contributed by atoms with E-state index in [-0.39, 0.29) is 17.9 Å². The number of hydrogen-bond donors (Lipinski definition) is 2. The maximum Gasteiger partial charge on any atom is 0.254 e. The maximum atomic E-state index is 12.7. The van der Waals surface area contributed by atoms with E-state index in [1.165, 1.54) is 6.20 Å². The molecule has 2 aromatic heterocycles. The third-order valence-electron chi connectivity index (χ3n) is 3.91. The lowest BCUT2D eigenvalue weighted by Crippen LogP contribution is -2.32. The van der Waals surface area contributed by atoms with Crippen LogP contribution in [0.4, 0.5) is 0 Å². The number of carbonyl (C=O) groups is 2. The van der Waals surface area contributed by atoms with Gasteiger partial charge in [-0.25, -0.2) is 0 Å². The minimum atomic E-state index is -0.202. The molecule has 2 aromatic rings. The van der Waals surface area contributed by atoms with E-state index >= 15 is 0 Å². The van der Waals surface area contributed by atoms with Gasteiger partial charge in [0, 0.05) is 31.5 Å². The van der Waals surface area contributed by atoms with Gasteiger partial charge in [0.25, 0.3) is 11.8 Å². The predicted octanol–water partition coefficient (Wildman–Crippen LogP) is 1.14. The Bertz CT molecular complexity index is 682. The van der Waals surface area contributed by atoms with Crippen molar-refractivity contribution in [3.05, 3.63) is 47.5 Å². The Morgan fingerprint density at radius 2 is 2.14 bits per heavy atom. The Kier molecular flexibility index (Phi) is 3.86. The van der Waals surface area contributed by atoms with Gasteiger partial charge in [0.05, 0.1) is 23.5 Å². The van der Waals surface area contributed by atoms with Crippen LogP contribution in [0.15, 0.2) is 30.7 Å². The van der Waals surface area contributed by atoms with Crippen molar-refractivity contribution in [1.29, 1.82) is 0 Å². The molecule has 3 rings (SSSR count). The van der Waals surface area contributed by atoms with E-state index in [0.717, 1.165) is 12.8 Å². The van der Waals surface area contributed by atoms with E-state index in [1.807, 2.05) is 0 Å². The van der Waals surface area contributed by atoms with Crippen LogP contribution in [0, 0.1) is 0 Å². The summed E-state index contributed by atoms with van der Waals surface area (Å²) in [6, 6.07) is 3.24. The zero-order valence-corrected chi connectivity index (χ0v) is 12.2. The van der Waals surface area contributed by atoms with Crippen molar-refractivity contribution in [2.45, 2.75) is 18.9 Å². The fraction of sp³-hybridized carbons (Fsp3) is 0.333. The van der Waals surface area contributed by atoms with Gasteiger partial charge in [0.2, 0.25) is 0 Å². The summed E-state index contributed by atoms with van der Waals surface area (Å²) in [5.74, 6) is -0.255. The fourth-order valence-electron chi connectivity index (χ4n) is 2.84. The Morgan fingerprint density at radius 1 is 1.36 bits per heavy atom. The molecule has 3 heterocycles. The molecule has 1 atom stereocenters. The minimum absolute atomic E-state index is 0.0534. The van der Waals surface area contributed by atoms with Gasteiger partial charge >= 0.3 is 0 Å². The van der Waals surface area contributed by atoms with E-state index in [1.54, 1.807) is 36.5 Å². The molecule has 7 heteroatoms. The molecule has 1 saturated heterocycles. The first kappa shape index (κ1) is 14.2. The standard InChI is InChI=1S/C15H17N5O2/c1-16-14(21)11-9-18-19-13(11)12-3-2-8-20(12)15(22)10-4-6-17-7-5-10/h4-7,9,12H,2-3,8H2,1H3,(H,16,21)(H,18,19)/t12-/m1/s1. The van der Waals surface area contributed by atoms with Crippen LogP contribution >= 0.6 is 0 Å². The summed E-state index contributed by atoms with van der Waals surface area (Å²) in [5, 5.41) is 9.45. The Balaban J connectivity index is 1.90. The summed E-state index contributed by atoms with van der Waals surface area (Å²) in [4.78, 5) is 30.3. The van der Waals surface area contributed by atoms with Crippen LogP contribution in [-0.4, -0.2) is 45.5 Å². The number of carbonyl (C=O) groups excluding carboxylic acids is 2. The second kappa shape index (κ2) is 5.97. The minimum Gasteiger partial charge on any atom is -0.355 e. The normalized spacial score (nSPS) is 17.5. The molecule has 2 N–H and O–H groups in total. The van der Waals surface area contributed by atoms with Gasteiger partial charge in [-0.2, -0.15) is 5.10 Å². The lowest BCUT2D eigenvalue weighted by molar-refractivity contribution is 0.0729. The molecule has 0 radical (unpaired) electrons. The molecule has 0 saturated carbocycles. The number of rotatable bonds is 3. The number of H-pyrrole nitrogens is 1. The van der Waals surface area contributed by atoms with Gasteiger partial charge in [-0.1, -0.05) is 0 Å². The predicted molar refractivity (Wildman–Crippen MR) is 79.2 cm³/mol. The van der Waals surface area contributed by atoms with Crippen LogP contribution < -0.4 is 5.32 Å². The Labute approximate surface area is 127 Å². The smallest absolute Gasteiger partial charge is 0.254 e. The van der Waals surface area contributed by atoms with Crippen molar-refractivity contribution in [3.8, 4) is 0 Å². The molecular weight excluding hydrogens is 282 g/mol. The summed E-state index contributed by atoms with van der Waals surface area (Å²) >= 11 is 0. The second-order valence-corrected chi connectivity index (χ2v) is 5.17. The van der Waals surface area contributed by atoms with Gasteiger partial charge in [-0.3, -0.25) is 19.7 Å². The van der Waals surface area contributed by atoms with Crippen LogP contribution in [-0.2, 0) is 0 Å². The number of amides is 2. The van der Waals surface area contributed by atoms with Gasteiger partial charge in [-0.05, 0) is 25.0 Å². The number of hydrogen-bond acceptors (Lipinski definition) is 4. The molecule has 0 bridgehead atoms. The molecule has 1 aliphatic rings. The van der Waals surface area contributed by atoms with E-state index in [0.29, 0.717) is 23.4 Å². The Hall–Kier alpha value is -2.70. The first-order valence-corrected chi connectivity index (χ1v) is 7.18. The molecule has 0 unspecified atom stereocenters. The van der Waals surface area contributed by atoms with Gasteiger partial charge in [0.15, 0.2) is 0 Å². The van der Waals surface area contributed by atoms with Crippen molar-refractivity contribution in [2.75, 3.05) is 13.6 Å². The summed E-state index contributed by atoms with van der Waals surface area (Å²) in [5.41, 5.74) is 1.78. The first-order valence-electron chi connectivity index (χ1n) is 7.18. The molecule has 0 spiro atoms. The van der Waals surface area contributed by atoms with Crippen LogP contribution in [0.25, 0.3) is 0 Å². The molecule has 1 aliphatic heterocycles. The molecular formula is C15H17N5O2.